The van der Waals surface area contributed by atoms with Gasteiger partial charge in [-0.1, -0.05) is 19.1 Å². The summed E-state index contributed by atoms with van der Waals surface area (Å²) in [6.07, 6.45) is 1.84. The Hall–Kier alpha value is -1.76. The van der Waals surface area contributed by atoms with E-state index in [4.69, 9.17) is 4.74 Å². The lowest BCUT2D eigenvalue weighted by Crippen LogP contribution is -2.11. The highest BCUT2D eigenvalue weighted by atomic mass is 32.1. The summed E-state index contributed by atoms with van der Waals surface area (Å²) in [6.45, 7) is 8.08. The molecular formula is C14H20N4O2S. The van der Waals surface area contributed by atoms with Crippen molar-refractivity contribution in [1.29, 1.82) is 0 Å². The van der Waals surface area contributed by atoms with Crippen molar-refractivity contribution in [3.63, 3.8) is 0 Å². The molecule has 7 heteroatoms. The molecule has 0 spiro atoms. The van der Waals surface area contributed by atoms with Gasteiger partial charge in [0.05, 0.1) is 28.7 Å². The molecule has 2 heterocycles. The number of rotatable bonds is 5. The molecule has 0 amide bonds. The first-order chi connectivity index (χ1) is 10.0. The molecule has 2 rings (SSSR count). The summed E-state index contributed by atoms with van der Waals surface area (Å²) >= 11 is 1.55. The van der Waals surface area contributed by atoms with Crippen LogP contribution in [0.4, 0.5) is 0 Å². The Morgan fingerprint density at radius 3 is 2.48 bits per heavy atom. The van der Waals surface area contributed by atoms with E-state index in [1.54, 1.807) is 11.3 Å². The smallest absolute Gasteiger partial charge is 0.360 e. The van der Waals surface area contributed by atoms with E-state index >= 15 is 0 Å². The molecule has 114 valence electrons. The highest BCUT2D eigenvalue weighted by Crippen LogP contribution is 2.34. The maximum absolute atomic E-state index is 12.0. The highest BCUT2D eigenvalue weighted by Gasteiger charge is 2.27. The normalized spacial score (nSPS) is 11.1. The third-order valence-corrected chi connectivity index (χ3v) is 4.56. The summed E-state index contributed by atoms with van der Waals surface area (Å²) in [4.78, 5) is 17.4. The number of aromatic nitrogens is 4. The zero-order chi connectivity index (χ0) is 15.6. The number of ether oxygens (including phenoxy) is 1. The molecule has 0 unspecified atom stereocenters. The summed E-state index contributed by atoms with van der Waals surface area (Å²) in [7, 11) is 1.35. The van der Waals surface area contributed by atoms with Gasteiger partial charge in [-0.2, -0.15) is 0 Å². The molecular weight excluding hydrogens is 288 g/mol. The van der Waals surface area contributed by atoms with Crippen LogP contribution in [-0.4, -0.2) is 33.1 Å². The highest BCUT2D eigenvalue weighted by molar-refractivity contribution is 7.15. The third-order valence-electron chi connectivity index (χ3n) is 3.48. The van der Waals surface area contributed by atoms with Crippen molar-refractivity contribution in [1.82, 2.24) is 20.0 Å². The van der Waals surface area contributed by atoms with E-state index < -0.39 is 5.97 Å². The predicted molar refractivity (Wildman–Crippen MR) is 81.6 cm³/mol. The lowest BCUT2D eigenvalue weighted by Gasteiger charge is -2.15. The van der Waals surface area contributed by atoms with Crippen LogP contribution < -0.4 is 0 Å². The molecule has 0 N–H and O–H groups in total. The molecule has 0 atom stereocenters. The molecule has 2 aromatic rings. The van der Waals surface area contributed by atoms with E-state index in [1.807, 2.05) is 18.5 Å². The van der Waals surface area contributed by atoms with Crippen LogP contribution in [0.2, 0.25) is 0 Å². The second kappa shape index (κ2) is 6.34. The monoisotopic (exact) mass is 308 g/mol. The lowest BCUT2D eigenvalue weighted by molar-refractivity contribution is 0.0595. The molecule has 0 radical (unpaired) electrons. The Bertz CT molecular complexity index is 643. The molecule has 0 aromatic carbocycles. The molecule has 21 heavy (non-hydrogen) atoms. The Labute approximate surface area is 128 Å². The first kappa shape index (κ1) is 15.6. The van der Waals surface area contributed by atoms with Gasteiger partial charge in [-0.15, -0.1) is 16.4 Å². The first-order valence-corrected chi connectivity index (χ1v) is 7.82. The number of hydrogen-bond donors (Lipinski definition) is 0. The van der Waals surface area contributed by atoms with Crippen LogP contribution in [0.25, 0.3) is 10.6 Å². The van der Waals surface area contributed by atoms with Crippen molar-refractivity contribution in [3.8, 4) is 10.6 Å². The van der Waals surface area contributed by atoms with Crippen LogP contribution in [0.5, 0.6) is 0 Å². The van der Waals surface area contributed by atoms with E-state index in [9.17, 15) is 4.79 Å². The van der Waals surface area contributed by atoms with Crippen LogP contribution in [0.15, 0.2) is 0 Å². The summed E-state index contributed by atoms with van der Waals surface area (Å²) in [5, 5.41) is 9.20. The van der Waals surface area contributed by atoms with Crippen molar-refractivity contribution in [2.75, 3.05) is 7.11 Å². The number of methoxy groups -OCH3 is 1. The van der Waals surface area contributed by atoms with E-state index in [0.29, 0.717) is 0 Å². The van der Waals surface area contributed by atoms with Gasteiger partial charge in [-0.05, 0) is 26.7 Å². The number of nitrogens with zero attached hydrogens (tertiary/aromatic N) is 4. The molecule has 2 aromatic heterocycles. The fraction of sp³-hybridized carbons (Fsp3) is 0.571. The SMILES string of the molecule is CCC(CC)n1nnc(C(=O)OC)c1-c1sc(C)nc1C. The average Bonchev–Trinajstić information content (AvgIpc) is 3.03. The molecule has 0 fully saturated rings. The number of carbonyl (C=O) groups excluding carboxylic acids is 1. The number of esters is 1. The van der Waals surface area contributed by atoms with E-state index in [0.717, 1.165) is 34.1 Å². The van der Waals surface area contributed by atoms with E-state index in [-0.39, 0.29) is 11.7 Å². The van der Waals surface area contributed by atoms with Gasteiger partial charge in [0.2, 0.25) is 0 Å². The van der Waals surface area contributed by atoms with Crippen LogP contribution in [0.3, 0.4) is 0 Å². The van der Waals surface area contributed by atoms with Crippen molar-refractivity contribution in [2.45, 2.75) is 46.6 Å². The standard InChI is InChI=1S/C14H20N4O2S/c1-6-10(7-2)18-12(11(16-17-18)14(19)20-5)13-8(3)15-9(4)21-13/h10H,6-7H2,1-5H3. The van der Waals surface area contributed by atoms with Crippen molar-refractivity contribution < 1.29 is 9.53 Å². The van der Waals surface area contributed by atoms with Gasteiger partial charge in [0.1, 0.15) is 5.69 Å². The molecule has 0 saturated heterocycles. The maximum atomic E-state index is 12.0. The molecule has 0 aliphatic carbocycles. The van der Waals surface area contributed by atoms with Gasteiger partial charge >= 0.3 is 5.97 Å². The minimum absolute atomic E-state index is 0.202. The molecule has 0 aliphatic rings. The molecule has 0 saturated carbocycles. The second-order valence-corrected chi connectivity index (χ2v) is 6.04. The van der Waals surface area contributed by atoms with Crippen molar-refractivity contribution in [3.05, 3.63) is 16.4 Å². The first-order valence-electron chi connectivity index (χ1n) is 7.01. The largest absolute Gasteiger partial charge is 0.464 e. The van der Waals surface area contributed by atoms with Crippen LogP contribution in [0, 0.1) is 13.8 Å². The Morgan fingerprint density at radius 2 is 2.00 bits per heavy atom. The van der Waals surface area contributed by atoms with Gasteiger partial charge in [-0.3, -0.25) is 0 Å². The number of aryl methyl sites for hydroxylation is 2. The van der Waals surface area contributed by atoms with Gasteiger partial charge in [0, 0.05) is 0 Å². The quantitative estimate of drug-likeness (QED) is 0.793. The summed E-state index contributed by atoms with van der Waals surface area (Å²) in [5.41, 5.74) is 1.87. The second-order valence-electron chi connectivity index (χ2n) is 4.84. The van der Waals surface area contributed by atoms with Crippen LogP contribution in [-0.2, 0) is 4.74 Å². The fourth-order valence-electron chi connectivity index (χ4n) is 2.38. The van der Waals surface area contributed by atoms with Gasteiger partial charge in [-0.25, -0.2) is 14.5 Å². The Morgan fingerprint density at radius 1 is 1.33 bits per heavy atom. The minimum Gasteiger partial charge on any atom is -0.464 e. The summed E-state index contributed by atoms with van der Waals surface area (Å²) < 4.78 is 6.67. The van der Waals surface area contributed by atoms with E-state index in [1.165, 1.54) is 7.11 Å². The number of thiazole rings is 1. The lowest BCUT2D eigenvalue weighted by atomic mass is 10.1. The van der Waals surface area contributed by atoms with Gasteiger partial charge in [0.25, 0.3) is 0 Å². The van der Waals surface area contributed by atoms with Crippen LogP contribution in [0.1, 0.15) is 53.9 Å². The van der Waals surface area contributed by atoms with Gasteiger partial charge < -0.3 is 4.74 Å². The van der Waals surface area contributed by atoms with E-state index in [2.05, 4.69) is 29.1 Å². The average molecular weight is 308 g/mol. The minimum atomic E-state index is -0.465. The van der Waals surface area contributed by atoms with Crippen LogP contribution >= 0.6 is 11.3 Å². The fourth-order valence-corrected chi connectivity index (χ4v) is 3.34. The summed E-state index contributed by atoms with van der Waals surface area (Å²) in [6, 6.07) is 0.202. The Kier molecular flexibility index (Phi) is 4.72. The molecule has 0 aliphatic heterocycles. The number of hydrogen-bond acceptors (Lipinski definition) is 6. The Balaban J connectivity index is 2.66. The topological polar surface area (TPSA) is 69.9 Å². The predicted octanol–water partition coefficient (Wildman–Crippen LogP) is 3.17. The van der Waals surface area contributed by atoms with Crippen molar-refractivity contribution >= 4 is 17.3 Å². The zero-order valence-electron chi connectivity index (χ0n) is 13.0. The third kappa shape index (κ3) is 2.83. The molecule has 0 bridgehead atoms. The molecule has 6 nitrogen and oxygen atoms in total. The van der Waals surface area contributed by atoms with Gasteiger partial charge in [0.15, 0.2) is 5.69 Å². The van der Waals surface area contributed by atoms with Crippen molar-refractivity contribution in [2.24, 2.45) is 0 Å². The number of carbonyl (C=O) groups is 1. The summed E-state index contributed by atoms with van der Waals surface area (Å²) in [5.74, 6) is -0.465. The zero-order valence-corrected chi connectivity index (χ0v) is 13.8. The maximum Gasteiger partial charge on any atom is 0.360 e.